The second kappa shape index (κ2) is 10.1. The highest BCUT2D eigenvalue weighted by Gasteiger charge is 2.22. The third-order valence-corrected chi connectivity index (χ3v) is 4.93. The summed E-state index contributed by atoms with van der Waals surface area (Å²) in [5.74, 6) is -0.399. The fourth-order valence-corrected chi connectivity index (χ4v) is 3.33. The number of likely N-dealkylation sites (tertiary alicyclic amines) is 1. The molecular weight excluding hydrogens is 368 g/mol. The Hall–Kier alpha value is -2.15. The van der Waals surface area contributed by atoms with E-state index in [0.29, 0.717) is 19.0 Å². The highest BCUT2D eigenvalue weighted by atomic mass is 16.2. The largest absolute Gasteiger partial charge is 0.352 e. The minimum Gasteiger partial charge on any atom is -0.352 e. The van der Waals surface area contributed by atoms with Gasteiger partial charge in [0.15, 0.2) is 0 Å². The first-order valence-corrected chi connectivity index (χ1v) is 10.6. The molecule has 1 aromatic heterocycles. The molecule has 1 saturated heterocycles. The van der Waals surface area contributed by atoms with Crippen LogP contribution in [-0.2, 0) is 6.54 Å². The van der Waals surface area contributed by atoms with E-state index in [1.807, 2.05) is 20.8 Å². The van der Waals surface area contributed by atoms with Crippen molar-refractivity contribution >= 4 is 11.8 Å². The molecule has 0 aliphatic carbocycles. The van der Waals surface area contributed by atoms with Gasteiger partial charge >= 0.3 is 0 Å². The molecular formula is C22H36N4O3. The number of carbonyl (C=O) groups is 2. The predicted octanol–water partition coefficient (Wildman–Crippen LogP) is 2.25. The maximum absolute atomic E-state index is 12.9. The molecule has 1 aromatic rings. The van der Waals surface area contributed by atoms with Gasteiger partial charge in [-0.2, -0.15) is 0 Å². The Morgan fingerprint density at radius 3 is 2.17 bits per heavy atom. The molecule has 0 bridgehead atoms. The SMILES string of the molecule is CC(C)CCn1cc(C(=O)NCCN2CCCC2)c(=O)c(C(=O)NC(C)(C)C)c1. The number of pyridine rings is 1. The van der Waals surface area contributed by atoms with Crippen molar-refractivity contribution in [3.05, 3.63) is 33.7 Å². The third-order valence-electron chi connectivity index (χ3n) is 4.93. The van der Waals surface area contributed by atoms with Gasteiger partial charge in [0.1, 0.15) is 11.1 Å². The van der Waals surface area contributed by atoms with E-state index < -0.39 is 22.8 Å². The molecule has 0 unspecified atom stereocenters. The van der Waals surface area contributed by atoms with Crippen molar-refractivity contribution in [1.82, 2.24) is 20.1 Å². The van der Waals surface area contributed by atoms with Crippen LogP contribution in [0.15, 0.2) is 17.2 Å². The standard InChI is InChI=1S/C22H36N4O3/c1-16(2)8-12-26-14-17(20(28)23-9-13-25-10-6-7-11-25)19(27)18(15-26)21(29)24-22(3,4)5/h14-16H,6-13H2,1-5H3,(H,23,28)(H,24,29). The third kappa shape index (κ3) is 7.31. The summed E-state index contributed by atoms with van der Waals surface area (Å²) in [5.41, 5.74) is -0.959. The van der Waals surface area contributed by atoms with Gasteiger partial charge in [0, 0.05) is 37.6 Å². The van der Waals surface area contributed by atoms with E-state index >= 15 is 0 Å². The summed E-state index contributed by atoms with van der Waals surface area (Å²) in [6.07, 6.45) is 6.41. The zero-order chi connectivity index (χ0) is 21.6. The summed E-state index contributed by atoms with van der Waals surface area (Å²) in [6, 6.07) is 0. The molecule has 1 fully saturated rings. The van der Waals surface area contributed by atoms with E-state index in [1.54, 1.807) is 17.0 Å². The Kier molecular flexibility index (Phi) is 8.02. The summed E-state index contributed by atoms with van der Waals surface area (Å²) >= 11 is 0. The maximum atomic E-state index is 12.9. The van der Waals surface area contributed by atoms with Crippen LogP contribution in [0.2, 0.25) is 0 Å². The number of rotatable bonds is 8. The number of nitrogens with one attached hydrogen (secondary N) is 2. The van der Waals surface area contributed by atoms with Gasteiger partial charge in [-0.25, -0.2) is 0 Å². The second-order valence-electron chi connectivity index (χ2n) is 9.34. The number of amides is 2. The van der Waals surface area contributed by atoms with Crippen molar-refractivity contribution in [2.45, 2.75) is 66.0 Å². The van der Waals surface area contributed by atoms with Crippen LogP contribution in [0, 0.1) is 5.92 Å². The van der Waals surface area contributed by atoms with Gasteiger partial charge in [-0.1, -0.05) is 13.8 Å². The van der Waals surface area contributed by atoms with E-state index in [1.165, 1.54) is 12.8 Å². The Morgan fingerprint density at radius 1 is 1.03 bits per heavy atom. The lowest BCUT2D eigenvalue weighted by Crippen LogP contribution is -2.43. The molecule has 0 atom stereocenters. The lowest BCUT2D eigenvalue weighted by molar-refractivity contribution is 0.0917. The molecule has 162 valence electrons. The number of nitrogens with zero attached hydrogens (tertiary/aromatic N) is 2. The van der Waals surface area contributed by atoms with E-state index in [4.69, 9.17) is 0 Å². The van der Waals surface area contributed by atoms with E-state index in [2.05, 4.69) is 29.4 Å². The maximum Gasteiger partial charge on any atom is 0.257 e. The summed E-state index contributed by atoms with van der Waals surface area (Å²) in [4.78, 5) is 40.6. The number of hydrogen-bond donors (Lipinski definition) is 2. The molecule has 0 saturated carbocycles. The number of hydrogen-bond acceptors (Lipinski definition) is 4. The molecule has 0 spiro atoms. The summed E-state index contributed by atoms with van der Waals surface area (Å²) in [5, 5.41) is 5.67. The molecule has 2 heterocycles. The number of carbonyl (C=O) groups excluding carboxylic acids is 2. The average molecular weight is 405 g/mol. The molecule has 7 heteroatoms. The fraction of sp³-hybridized carbons (Fsp3) is 0.682. The summed E-state index contributed by atoms with van der Waals surface area (Å²) < 4.78 is 1.79. The van der Waals surface area contributed by atoms with Crippen LogP contribution in [0.4, 0.5) is 0 Å². The molecule has 1 aliphatic heterocycles. The molecule has 7 nitrogen and oxygen atoms in total. The minimum atomic E-state index is -0.522. The predicted molar refractivity (Wildman–Crippen MR) is 115 cm³/mol. The smallest absolute Gasteiger partial charge is 0.257 e. The Balaban J connectivity index is 2.21. The molecule has 1 aliphatic rings. The Bertz CT molecular complexity index is 771. The topological polar surface area (TPSA) is 83.4 Å². The van der Waals surface area contributed by atoms with Crippen molar-refractivity contribution in [3.8, 4) is 0 Å². The highest BCUT2D eigenvalue weighted by Crippen LogP contribution is 2.08. The second-order valence-corrected chi connectivity index (χ2v) is 9.34. The van der Waals surface area contributed by atoms with Crippen LogP contribution in [-0.4, -0.2) is 53.0 Å². The molecule has 2 amide bonds. The molecule has 0 aromatic carbocycles. The van der Waals surface area contributed by atoms with Gasteiger partial charge in [-0.05, 0) is 59.0 Å². The van der Waals surface area contributed by atoms with E-state index in [-0.39, 0.29) is 11.1 Å². The molecule has 0 radical (unpaired) electrons. The van der Waals surface area contributed by atoms with Crippen molar-refractivity contribution < 1.29 is 9.59 Å². The molecule has 2 N–H and O–H groups in total. The van der Waals surface area contributed by atoms with Crippen LogP contribution in [0.1, 0.15) is 74.6 Å². The lowest BCUT2D eigenvalue weighted by Gasteiger charge is -2.21. The quantitative estimate of drug-likeness (QED) is 0.696. The Labute approximate surface area is 173 Å². The van der Waals surface area contributed by atoms with Gasteiger partial charge in [-0.15, -0.1) is 0 Å². The van der Waals surface area contributed by atoms with Crippen LogP contribution >= 0.6 is 0 Å². The van der Waals surface area contributed by atoms with Crippen molar-refractivity contribution in [1.29, 1.82) is 0 Å². The first-order chi connectivity index (χ1) is 13.6. The monoisotopic (exact) mass is 404 g/mol. The van der Waals surface area contributed by atoms with Crippen LogP contribution in [0.5, 0.6) is 0 Å². The zero-order valence-corrected chi connectivity index (χ0v) is 18.5. The first-order valence-electron chi connectivity index (χ1n) is 10.6. The summed E-state index contributed by atoms with van der Waals surface area (Å²) in [6.45, 7) is 13.8. The van der Waals surface area contributed by atoms with Gasteiger partial charge in [0.2, 0.25) is 5.43 Å². The molecule has 2 rings (SSSR count). The van der Waals surface area contributed by atoms with Gasteiger partial charge < -0.3 is 20.1 Å². The lowest BCUT2D eigenvalue weighted by atomic mass is 10.1. The van der Waals surface area contributed by atoms with Crippen molar-refractivity contribution in [2.75, 3.05) is 26.2 Å². The van der Waals surface area contributed by atoms with Gasteiger partial charge in [-0.3, -0.25) is 14.4 Å². The van der Waals surface area contributed by atoms with Crippen molar-refractivity contribution in [2.24, 2.45) is 5.92 Å². The van der Waals surface area contributed by atoms with E-state index in [9.17, 15) is 14.4 Å². The van der Waals surface area contributed by atoms with Gasteiger partial charge in [0.05, 0.1) is 0 Å². The fourth-order valence-electron chi connectivity index (χ4n) is 3.33. The average Bonchev–Trinajstić information content (AvgIpc) is 3.12. The normalized spacial score (nSPS) is 15.0. The first kappa shape index (κ1) is 23.1. The number of aryl methyl sites for hydroxylation is 1. The van der Waals surface area contributed by atoms with Crippen LogP contribution < -0.4 is 16.1 Å². The molecule has 29 heavy (non-hydrogen) atoms. The van der Waals surface area contributed by atoms with E-state index in [0.717, 1.165) is 26.1 Å². The van der Waals surface area contributed by atoms with Crippen LogP contribution in [0.25, 0.3) is 0 Å². The highest BCUT2D eigenvalue weighted by molar-refractivity contribution is 5.99. The summed E-state index contributed by atoms with van der Waals surface area (Å²) in [7, 11) is 0. The van der Waals surface area contributed by atoms with Crippen LogP contribution in [0.3, 0.4) is 0 Å². The minimum absolute atomic E-state index is 0.0101. The van der Waals surface area contributed by atoms with Crippen molar-refractivity contribution in [3.63, 3.8) is 0 Å². The zero-order valence-electron chi connectivity index (χ0n) is 18.5. The van der Waals surface area contributed by atoms with Gasteiger partial charge in [0.25, 0.3) is 11.8 Å². The number of aromatic nitrogens is 1. The Morgan fingerprint density at radius 2 is 1.62 bits per heavy atom.